The van der Waals surface area contributed by atoms with Gasteiger partial charge in [-0.2, -0.15) is 5.26 Å². The molecule has 27 heavy (non-hydrogen) atoms. The minimum atomic E-state index is -0.614. The molecule has 134 valence electrons. The quantitative estimate of drug-likeness (QED) is 0.411. The van der Waals surface area contributed by atoms with Crippen molar-refractivity contribution in [3.8, 4) is 11.8 Å². The van der Waals surface area contributed by atoms with Crippen LogP contribution in [0.25, 0.3) is 10.8 Å². The molecule has 1 amide bonds. The molecule has 0 fully saturated rings. The minimum Gasteiger partial charge on any atom is -0.507 e. The zero-order chi connectivity index (χ0) is 19.4. The van der Waals surface area contributed by atoms with Gasteiger partial charge in [-0.1, -0.05) is 47.5 Å². The summed E-state index contributed by atoms with van der Waals surface area (Å²) in [4.78, 5) is 12.3. The molecular weight excluding hydrogens is 385 g/mol. The second-order valence-corrected chi connectivity index (χ2v) is 6.41. The lowest BCUT2D eigenvalue weighted by Crippen LogP contribution is -2.14. The molecule has 0 saturated heterocycles. The SMILES string of the molecule is N#C/C(=C/Nc1cccc2c(O)cccc12)C(=O)Nc1ccc(Cl)cc1Cl. The number of rotatable bonds is 4. The topological polar surface area (TPSA) is 85.2 Å². The van der Waals surface area contributed by atoms with E-state index in [0.29, 0.717) is 21.8 Å². The maximum Gasteiger partial charge on any atom is 0.267 e. The normalized spacial score (nSPS) is 11.1. The number of nitrogens with one attached hydrogen (secondary N) is 2. The Labute approximate surface area is 165 Å². The van der Waals surface area contributed by atoms with Crippen molar-refractivity contribution in [2.75, 3.05) is 10.6 Å². The van der Waals surface area contributed by atoms with E-state index in [1.165, 1.54) is 12.3 Å². The third kappa shape index (κ3) is 4.14. The van der Waals surface area contributed by atoms with Crippen LogP contribution in [0.15, 0.2) is 66.4 Å². The number of hydrogen-bond donors (Lipinski definition) is 3. The van der Waals surface area contributed by atoms with Gasteiger partial charge in [0.1, 0.15) is 17.4 Å². The summed E-state index contributed by atoms with van der Waals surface area (Å²) in [5, 5.41) is 26.9. The lowest BCUT2D eigenvalue weighted by molar-refractivity contribution is -0.112. The lowest BCUT2D eigenvalue weighted by Gasteiger charge is -2.09. The summed E-state index contributed by atoms with van der Waals surface area (Å²) in [7, 11) is 0. The first kappa shape index (κ1) is 18.6. The van der Waals surface area contributed by atoms with E-state index in [-0.39, 0.29) is 16.3 Å². The molecule has 0 spiro atoms. The number of carbonyl (C=O) groups is 1. The fourth-order valence-corrected chi connectivity index (χ4v) is 2.95. The number of benzene rings is 3. The van der Waals surface area contributed by atoms with E-state index in [9.17, 15) is 15.2 Å². The number of phenols is 1. The molecule has 3 aromatic rings. The highest BCUT2D eigenvalue weighted by Crippen LogP contribution is 2.30. The first-order valence-corrected chi connectivity index (χ1v) is 8.59. The van der Waals surface area contributed by atoms with Crippen molar-refractivity contribution in [1.29, 1.82) is 5.26 Å². The fourth-order valence-electron chi connectivity index (χ4n) is 2.50. The monoisotopic (exact) mass is 397 g/mol. The number of anilines is 2. The van der Waals surface area contributed by atoms with Crippen LogP contribution in [0.2, 0.25) is 10.0 Å². The van der Waals surface area contributed by atoms with E-state index in [0.717, 1.165) is 5.39 Å². The number of aromatic hydroxyl groups is 1. The van der Waals surface area contributed by atoms with Crippen molar-refractivity contribution in [2.24, 2.45) is 0 Å². The van der Waals surface area contributed by atoms with Crippen molar-refractivity contribution in [2.45, 2.75) is 0 Å². The van der Waals surface area contributed by atoms with Crippen molar-refractivity contribution < 1.29 is 9.90 Å². The van der Waals surface area contributed by atoms with Crippen LogP contribution in [0.4, 0.5) is 11.4 Å². The third-order valence-corrected chi connectivity index (χ3v) is 4.36. The molecule has 0 aromatic heterocycles. The molecular formula is C20H13Cl2N3O2. The Kier molecular flexibility index (Phi) is 5.51. The molecule has 5 nitrogen and oxygen atoms in total. The largest absolute Gasteiger partial charge is 0.507 e. The summed E-state index contributed by atoms with van der Waals surface area (Å²) >= 11 is 11.9. The molecule has 3 rings (SSSR count). The zero-order valence-electron chi connectivity index (χ0n) is 13.8. The number of nitriles is 1. The van der Waals surface area contributed by atoms with Crippen LogP contribution in [0.5, 0.6) is 5.75 Å². The summed E-state index contributed by atoms with van der Waals surface area (Å²) in [6.07, 6.45) is 1.30. The van der Waals surface area contributed by atoms with Crippen LogP contribution in [0, 0.1) is 11.3 Å². The Morgan fingerprint density at radius 2 is 1.78 bits per heavy atom. The van der Waals surface area contributed by atoms with Gasteiger partial charge in [0, 0.05) is 27.7 Å². The number of carbonyl (C=O) groups excluding carboxylic acids is 1. The molecule has 0 bridgehead atoms. The molecule has 0 unspecified atom stereocenters. The molecule has 0 aliphatic carbocycles. The average Bonchev–Trinajstić information content (AvgIpc) is 2.65. The smallest absolute Gasteiger partial charge is 0.267 e. The predicted molar refractivity (Wildman–Crippen MR) is 108 cm³/mol. The molecule has 7 heteroatoms. The predicted octanol–water partition coefficient (Wildman–Crippen LogP) is 5.31. The fraction of sp³-hybridized carbons (Fsp3) is 0. The van der Waals surface area contributed by atoms with Gasteiger partial charge in [-0.25, -0.2) is 0 Å². The average molecular weight is 398 g/mol. The summed E-state index contributed by atoms with van der Waals surface area (Å²) < 4.78 is 0. The van der Waals surface area contributed by atoms with E-state index in [2.05, 4.69) is 10.6 Å². The standard InChI is InChI=1S/C20H13Cl2N3O2/c21-13-7-8-18(16(22)9-13)25-20(27)12(10-23)11-24-17-5-1-4-15-14(17)3-2-6-19(15)26/h1-9,11,24,26H,(H,25,27)/b12-11-. The van der Waals surface area contributed by atoms with Crippen molar-refractivity contribution >= 4 is 51.3 Å². The Morgan fingerprint density at radius 1 is 1.04 bits per heavy atom. The van der Waals surface area contributed by atoms with Crippen molar-refractivity contribution in [1.82, 2.24) is 0 Å². The molecule has 0 heterocycles. The maximum absolute atomic E-state index is 12.3. The molecule has 0 radical (unpaired) electrons. The molecule has 0 aliphatic heterocycles. The molecule has 3 aromatic carbocycles. The summed E-state index contributed by atoms with van der Waals surface area (Å²) in [6, 6.07) is 16.9. The highest BCUT2D eigenvalue weighted by Gasteiger charge is 2.12. The van der Waals surface area contributed by atoms with E-state index in [1.54, 1.807) is 42.5 Å². The number of nitrogens with zero attached hydrogens (tertiary/aromatic N) is 1. The first-order valence-electron chi connectivity index (χ1n) is 7.83. The van der Waals surface area contributed by atoms with E-state index in [1.807, 2.05) is 12.1 Å². The Morgan fingerprint density at radius 3 is 2.52 bits per heavy atom. The van der Waals surface area contributed by atoms with Crippen LogP contribution in [0.1, 0.15) is 0 Å². The second-order valence-electron chi connectivity index (χ2n) is 5.57. The number of hydrogen-bond acceptors (Lipinski definition) is 4. The van der Waals surface area contributed by atoms with Gasteiger partial charge in [0.2, 0.25) is 0 Å². The van der Waals surface area contributed by atoms with Crippen LogP contribution < -0.4 is 10.6 Å². The van der Waals surface area contributed by atoms with Crippen molar-refractivity contribution in [3.05, 3.63) is 76.4 Å². The highest BCUT2D eigenvalue weighted by molar-refractivity contribution is 6.36. The maximum atomic E-state index is 12.3. The Bertz CT molecular complexity index is 1100. The second kappa shape index (κ2) is 8.00. The zero-order valence-corrected chi connectivity index (χ0v) is 15.3. The Balaban J connectivity index is 1.84. The van der Waals surface area contributed by atoms with E-state index < -0.39 is 5.91 Å². The Hall–Kier alpha value is -3.20. The highest BCUT2D eigenvalue weighted by atomic mass is 35.5. The summed E-state index contributed by atoms with van der Waals surface area (Å²) in [6.45, 7) is 0. The number of fused-ring (bicyclic) bond motifs is 1. The van der Waals surface area contributed by atoms with Gasteiger partial charge in [0.25, 0.3) is 5.91 Å². The molecule has 0 aliphatic rings. The number of halogens is 2. The van der Waals surface area contributed by atoms with Crippen LogP contribution in [0.3, 0.4) is 0 Å². The van der Waals surface area contributed by atoms with E-state index >= 15 is 0 Å². The minimum absolute atomic E-state index is 0.141. The first-order chi connectivity index (χ1) is 13.0. The van der Waals surface area contributed by atoms with E-state index in [4.69, 9.17) is 23.2 Å². The van der Waals surface area contributed by atoms with Gasteiger partial charge in [-0.05, 0) is 30.3 Å². The van der Waals surface area contributed by atoms with Gasteiger partial charge >= 0.3 is 0 Å². The summed E-state index contributed by atoms with van der Waals surface area (Å²) in [5.74, 6) is -0.465. The third-order valence-electron chi connectivity index (χ3n) is 3.82. The molecule has 0 atom stereocenters. The van der Waals surface area contributed by atoms with Gasteiger partial charge in [0.15, 0.2) is 0 Å². The van der Waals surface area contributed by atoms with Crippen molar-refractivity contribution in [3.63, 3.8) is 0 Å². The number of phenolic OH excluding ortho intramolecular Hbond substituents is 1. The molecule has 0 saturated carbocycles. The van der Waals surface area contributed by atoms with Gasteiger partial charge in [0.05, 0.1) is 10.7 Å². The van der Waals surface area contributed by atoms with Crippen LogP contribution in [-0.4, -0.2) is 11.0 Å². The van der Waals surface area contributed by atoms with Gasteiger partial charge in [-0.3, -0.25) is 4.79 Å². The van der Waals surface area contributed by atoms with Gasteiger partial charge < -0.3 is 15.7 Å². The molecule has 3 N–H and O–H groups in total. The van der Waals surface area contributed by atoms with Crippen LogP contribution in [-0.2, 0) is 4.79 Å². The summed E-state index contributed by atoms with van der Waals surface area (Å²) in [5.41, 5.74) is 0.856. The number of amides is 1. The van der Waals surface area contributed by atoms with Crippen LogP contribution >= 0.6 is 23.2 Å². The lowest BCUT2D eigenvalue weighted by atomic mass is 10.1. The van der Waals surface area contributed by atoms with Gasteiger partial charge in [-0.15, -0.1) is 0 Å².